The van der Waals surface area contributed by atoms with Crippen LogP contribution >= 0.6 is 0 Å². The van der Waals surface area contributed by atoms with E-state index in [1.807, 2.05) is 0 Å². The van der Waals surface area contributed by atoms with Gasteiger partial charge in [-0.3, -0.25) is 4.79 Å². The molecular weight excluding hydrogens is 266 g/mol. The van der Waals surface area contributed by atoms with Gasteiger partial charge in [-0.05, 0) is 12.8 Å². The fourth-order valence-electron chi connectivity index (χ4n) is 1.83. The molecule has 1 unspecified atom stereocenters. The highest BCUT2D eigenvalue weighted by Gasteiger charge is 2.16. The molecule has 112 valence electrons. The molecule has 1 aliphatic rings. The second-order valence-corrected chi connectivity index (χ2v) is 4.46. The van der Waals surface area contributed by atoms with Crippen LogP contribution in [-0.2, 0) is 32.2 Å². The summed E-state index contributed by atoms with van der Waals surface area (Å²) in [6.07, 6.45) is 2.17. The van der Waals surface area contributed by atoms with Crippen LogP contribution in [0.5, 0.6) is 0 Å². The van der Waals surface area contributed by atoms with Crippen LogP contribution in [-0.4, -0.2) is 49.1 Å². The Hall–Kier alpha value is -1.51. The molecule has 8 nitrogen and oxygen atoms in total. The number of rotatable bonds is 8. The summed E-state index contributed by atoms with van der Waals surface area (Å²) in [5, 5.41) is 6.36. The van der Waals surface area contributed by atoms with Gasteiger partial charge in [0.2, 0.25) is 5.91 Å². The fourth-order valence-corrected chi connectivity index (χ4v) is 1.83. The molecule has 0 radical (unpaired) electrons. The number of aromatic nitrogens is 2. The monoisotopic (exact) mass is 285 g/mol. The van der Waals surface area contributed by atoms with Gasteiger partial charge in [-0.1, -0.05) is 5.16 Å². The summed E-state index contributed by atoms with van der Waals surface area (Å²) >= 11 is 0. The SMILES string of the molecule is COCc1nc(CNC(=O)COCC2CCCO2)no1. The zero-order valence-corrected chi connectivity index (χ0v) is 11.5. The summed E-state index contributed by atoms with van der Waals surface area (Å²) in [7, 11) is 1.54. The van der Waals surface area contributed by atoms with E-state index >= 15 is 0 Å². The van der Waals surface area contributed by atoms with Crippen molar-refractivity contribution >= 4 is 5.91 Å². The molecule has 1 fully saturated rings. The third-order valence-corrected chi connectivity index (χ3v) is 2.78. The van der Waals surface area contributed by atoms with Crippen molar-refractivity contribution in [1.82, 2.24) is 15.5 Å². The van der Waals surface area contributed by atoms with Crippen molar-refractivity contribution in [3.8, 4) is 0 Å². The zero-order chi connectivity index (χ0) is 14.2. The third kappa shape index (κ3) is 4.87. The first kappa shape index (κ1) is 14.9. The lowest BCUT2D eigenvalue weighted by molar-refractivity contribution is -0.127. The van der Waals surface area contributed by atoms with Crippen LogP contribution < -0.4 is 5.32 Å². The number of nitrogens with zero attached hydrogens (tertiary/aromatic N) is 2. The van der Waals surface area contributed by atoms with E-state index in [-0.39, 0.29) is 31.8 Å². The first-order valence-electron chi connectivity index (χ1n) is 6.54. The van der Waals surface area contributed by atoms with Crippen LogP contribution in [0.1, 0.15) is 24.6 Å². The molecule has 0 aliphatic carbocycles. The molecule has 20 heavy (non-hydrogen) atoms. The summed E-state index contributed by atoms with van der Waals surface area (Å²) in [4.78, 5) is 15.6. The number of ether oxygens (including phenoxy) is 3. The van der Waals surface area contributed by atoms with Gasteiger partial charge in [-0.2, -0.15) is 4.98 Å². The molecule has 1 amide bonds. The van der Waals surface area contributed by atoms with Gasteiger partial charge < -0.3 is 24.1 Å². The highest BCUT2D eigenvalue weighted by atomic mass is 16.5. The molecule has 0 spiro atoms. The molecule has 1 aliphatic heterocycles. The summed E-state index contributed by atoms with van der Waals surface area (Å²) in [5.41, 5.74) is 0. The maximum Gasteiger partial charge on any atom is 0.252 e. The van der Waals surface area contributed by atoms with E-state index in [2.05, 4.69) is 15.5 Å². The topological polar surface area (TPSA) is 95.7 Å². The van der Waals surface area contributed by atoms with Crippen molar-refractivity contribution in [3.63, 3.8) is 0 Å². The molecule has 8 heteroatoms. The fraction of sp³-hybridized carbons (Fsp3) is 0.750. The maximum atomic E-state index is 11.5. The largest absolute Gasteiger partial charge is 0.376 e. The minimum Gasteiger partial charge on any atom is -0.376 e. The smallest absolute Gasteiger partial charge is 0.252 e. The Bertz CT molecular complexity index is 417. The van der Waals surface area contributed by atoms with Gasteiger partial charge in [0.25, 0.3) is 5.89 Å². The molecule has 2 heterocycles. The van der Waals surface area contributed by atoms with Crippen molar-refractivity contribution in [3.05, 3.63) is 11.7 Å². The molecule has 0 saturated carbocycles. The average Bonchev–Trinajstić information content (AvgIpc) is 3.08. The first-order chi connectivity index (χ1) is 9.78. The molecule has 0 aromatic carbocycles. The van der Waals surface area contributed by atoms with E-state index in [1.54, 1.807) is 0 Å². The highest BCUT2D eigenvalue weighted by molar-refractivity contribution is 5.77. The number of methoxy groups -OCH3 is 1. The number of hydrogen-bond acceptors (Lipinski definition) is 7. The molecular formula is C12H19N3O5. The Morgan fingerprint density at radius 2 is 2.45 bits per heavy atom. The lowest BCUT2D eigenvalue weighted by Gasteiger charge is -2.09. The van der Waals surface area contributed by atoms with Crippen molar-refractivity contribution < 1.29 is 23.5 Å². The van der Waals surface area contributed by atoms with Gasteiger partial charge in [-0.25, -0.2) is 0 Å². The molecule has 1 N–H and O–H groups in total. The Morgan fingerprint density at radius 3 is 3.20 bits per heavy atom. The normalized spacial score (nSPS) is 18.4. The summed E-state index contributed by atoms with van der Waals surface area (Å²) in [5.74, 6) is 0.567. The first-order valence-corrected chi connectivity index (χ1v) is 6.54. The summed E-state index contributed by atoms with van der Waals surface area (Å²) < 4.78 is 20.4. The minimum atomic E-state index is -0.221. The van der Waals surface area contributed by atoms with Crippen LogP contribution in [0, 0.1) is 0 Å². The van der Waals surface area contributed by atoms with E-state index < -0.39 is 0 Å². The van der Waals surface area contributed by atoms with Gasteiger partial charge in [0.15, 0.2) is 5.82 Å². The Balaban J connectivity index is 1.58. The number of nitrogens with one attached hydrogen (secondary N) is 1. The molecule has 1 aromatic rings. The Labute approximate surface area is 116 Å². The second kappa shape index (κ2) is 7.93. The van der Waals surface area contributed by atoms with E-state index in [0.717, 1.165) is 19.4 Å². The van der Waals surface area contributed by atoms with E-state index in [1.165, 1.54) is 7.11 Å². The average molecular weight is 285 g/mol. The predicted octanol–water partition coefficient (Wildman–Crippen LogP) is 0.0278. The molecule has 1 aromatic heterocycles. The van der Waals surface area contributed by atoms with Crippen LogP contribution in [0.3, 0.4) is 0 Å². The Morgan fingerprint density at radius 1 is 1.55 bits per heavy atom. The number of hydrogen-bond donors (Lipinski definition) is 1. The molecule has 2 rings (SSSR count). The summed E-state index contributed by atoms with van der Waals surface area (Å²) in [6.45, 7) is 1.69. The maximum absolute atomic E-state index is 11.5. The predicted molar refractivity (Wildman–Crippen MR) is 66.7 cm³/mol. The van der Waals surface area contributed by atoms with Crippen molar-refractivity contribution in [2.75, 3.05) is 26.9 Å². The van der Waals surface area contributed by atoms with Gasteiger partial charge in [0.1, 0.15) is 13.2 Å². The highest BCUT2D eigenvalue weighted by Crippen LogP contribution is 2.11. The van der Waals surface area contributed by atoms with E-state index in [0.29, 0.717) is 18.3 Å². The van der Waals surface area contributed by atoms with E-state index in [4.69, 9.17) is 18.7 Å². The number of carbonyl (C=O) groups is 1. The Kier molecular flexibility index (Phi) is 5.90. The lowest BCUT2D eigenvalue weighted by Crippen LogP contribution is -2.29. The zero-order valence-electron chi connectivity index (χ0n) is 11.5. The minimum absolute atomic E-state index is 0.00262. The number of amides is 1. The van der Waals surface area contributed by atoms with Crippen LogP contribution in [0.2, 0.25) is 0 Å². The molecule has 1 saturated heterocycles. The van der Waals surface area contributed by atoms with Crippen molar-refractivity contribution in [1.29, 1.82) is 0 Å². The quantitative estimate of drug-likeness (QED) is 0.719. The van der Waals surface area contributed by atoms with Gasteiger partial charge in [-0.15, -0.1) is 0 Å². The lowest BCUT2D eigenvalue weighted by atomic mass is 10.2. The number of carbonyl (C=O) groups excluding carboxylic acids is 1. The van der Waals surface area contributed by atoms with Gasteiger partial charge in [0, 0.05) is 13.7 Å². The van der Waals surface area contributed by atoms with Gasteiger partial charge in [0.05, 0.1) is 19.3 Å². The van der Waals surface area contributed by atoms with Crippen LogP contribution in [0.25, 0.3) is 0 Å². The van der Waals surface area contributed by atoms with Crippen LogP contribution in [0.15, 0.2) is 4.52 Å². The third-order valence-electron chi connectivity index (χ3n) is 2.78. The van der Waals surface area contributed by atoms with E-state index in [9.17, 15) is 4.79 Å². The van der Waals surface area contributed by atoms with Gasteiger partial charge >= 0.3 is 0 Å². The second-order valence-electron chi connectivity index (χ2n) is 4.46. The van der Waals surface area contributed by atoms with Crippen molar-refractivity contribution in [2.45, 2.75) is 32.1 Å². The van der Waals surface area contributed by atoms with Crippen LogP contribution in [0.4, 0.5) is 0 Å². The van der Waals surface area contributed by atoms with Crippen molar-refractivity contribution in [2.24, 2.45) is 0 Å². The molecule has 0 bridgehead atoms. The summed E-state index contributed by atoms with van der Waals surface area (Å²) in [6, 6.07) is 0. The standard InChI is InChI=1S/C12H19N3O5/c1-17-8-12-14-10(15-20-12)5-13-11(16)7-18-6-9-3-2-4-19-9/h9H,2-8H2,1H3,(H,13,16). The molecule has 1 atom stereocenters.